The number of sulfonamides is 1. The molecule has 134 valence electrons. The van der Waals surface area contributed by atoms with Gasteiger partial charge in [-0.3, -0.25) is 4.79 Å². The molecule has 0 fully saturated rings. The summed E-state index contributed by atoms with van der Waals surface area (Å²) in [5.41, 5.74) is 0.00959. The molecule has 25 heavy (non-hydrogen) atoms. The van der Waals surface area contributed by atoms with Crippen molar-refractivity contribution in [2.75, 3.05) is 11.4 Å². The summed E-state index contributed by atoms with van der Waals surface area (Å²) in [6, 6.07) is 11.7. The van der Waals surface area contributed by atoms with Gasteiger partial charge >= 0.3 is 0 Å². The molecule has 1 heterocycles. The van der Waals surface area contributed by atoms with E-state index in [9.17, 15) is 13.2 Å². The highest BCUT2D eigenvalue weighted by Gasteiger charge is 2.27. The normalized spacial score (nSPS) is 12.0. The maximum absolute atomic E-state index is 12.7. The lowest BCUT2D eigenvalue weighted by atomic mass is 10.1. The van der Waals surface area contributed by atoms with E-state index in [0.29, 0.717) is 5.69 Å². The molecule has 2 rings (SSSR count). The van der Waals surface area contributed by atoms with E-state index in [1.165, 1.54) is 17.0 Å². The van der Waals surface area contributed by atoms with Crippen LogP contribution in [0.1, 0.15) is 31.3 Å². The molecule has 1 N–H and O–H groups in total. The Labute approximate surface area is 148 Å². The van der Waals surface area contributed by atoms with Crippen molar-refractivity contribution < 1.29 is 17.6 Å². The first-order valence-electron chi connectivity index (χ1n) is 7.76. The molecule has 0 spiro atoms. The van der Waals surface area contributed by atoms with E-state index in [1.54, 1.807) is 39.0 Å². The molecule has 0 saturated heterocycles. The molecule has 0 aliphatic carbocycles. The summed E-state index contributed by atoms with van der Waals surface area (Å²) in [6.07, 6.45) is 1.59. The van der Waals surface area contributed by atoms with Crippen molar-refractivity contribution in [1.82, 2.24) is 4.72 Å². The summed E-state index contributed by atoms with van der Waals surface area (Å²) < 4.78 is 32.4. The Hall–Kier alpha value is -2.38. The van der Waals surface area contributed by atoms with Gasteiger partial charge in [0.05, 0.1) is 0 Å². The Morgan fingerprint density at radius 2 is 1.84 bits per heavy atom. The van der Waals surface area contributed by atoms with Gasteiger partial charge in [-0.15, -0.1) is 6.58 Å². The molecule has 0 aliphatic rings. The number of furan rings is 1. The molecule has 0 bridgehead atoms. The van der Waals surface area contributed by atoms with Crippen molar-refractivity contribution in [2.45, 2.75) is 31.4 Å². The Morgan fingerprint density at radius 3 is 2.40 bits per heavy atom. The largest absolute Gasteiger partial charge is 0.438 e. The summed E-state index contributed by atoms with van der Waals surface area (Å²) in [5, 5.41) is -0.294. The third-order valence-electron chi connectivity index (χ3n) is 3.12. The average molecular weight is 362 g/mol. The maximum Gasteiger partial charge on any atom is 0.294 e. The number of benzene rings is 1. The number of carbonyl (C=O) groups excluding carboxylic acids is 1. The van der Waals surface area contributed by atoms with Gasteiger partial charge in [0.1, 0.15) is 0 Å². The molecular weight excluding hydrogens is 340 g/mol. The number of anilines is 1. The van der Waals surface area contributed by atoms with Crippen LogP contribution < -0.4 is 9.62 Å². The second-order valence-corrected chi connectivity index (χ2v) is 8.13. The topological polar surface area (TPSA) is 79.6 Å². The number of para-hydroxylation sites is 1. The quantitative estimate of drug-likeness (QED) is 0.801. The molecule has 1 aromatic carbocycles. The third-order valence-corrected chi connectivity index (χ3v) is 4.75. The van der Waals surface area contributed by atoms with E-state index in [1.807, 2.05) is 18.2 Å². The summed E-state index contributed by atoms with van der Waals surface area (Å²) in [7, 11) is -3.84. The third kappa shape index (κ3) is 4.80. The smallest absolute Gasteiger partial charge is 0.294 e. The molecule has 2 aromatic rings. The number of carbonyl (C=O) groups is 1. The average Bonchev–Trinajstić information content (AvgIpc) is 3.01. The Balaban J connectivity index is 2.31. The molecule has 0 saturated carbocycles. The van der Waals surface area contributed by atoms with Crippen molar-refractivity contribution in [3.8, 4) is 0 Å². The summed E-state index contributed by atoms with van der Waals surface area (Å²) in [5.74, 6) is -0.497. The van der Waals surface area contributed by atoms with Crippen LogP contribution in [0, 0.1) is 0 Å². The molecule has 0 aliphatic heterocycles. The zero-order valence-corrected chi connectivity index (χ0v) is 15.3. The number of amides is 1. The van der Waals surface area contributed by atoms with E-state index in [4.69, 9.17) is 4.42 Å². The molecule has 0 atom stereocenters. The fourth-order valence-electron chi connectivity index (χ4n) is 2.21. The lowest BCUT2D eigenvalue weighted by Gasteiger charge is -2.20. The van der Waals surface area contributed by atoms with Crippen molar-refractivity contribution in [1.29, 1.82) is 0 Å². The first-order chi connectivity index (χ1) is 11.6. The van der Waals surface area contributed by atoms with Crippen molar-refractivity contribution >= 4 is 21.6 Å². The van der Waals surface area contributed by atoms with E-state index in [0.717, 1.165) is 0 Å². The number of hydrogen-bond donors (Lipinski definition) is 1. The molecule has 0 unspecified atom stereocenters. The van der Waals surface area contributed by atoms with Gasteiger partial charge in [-0.1, -0.05) is 24.3 Å². The zero-order chi connectivity index (χ0) is 18.7. The predicted molar refractivity (Wildman–Crippen MR) is 97.1 cm³/mol. The van der Waals surface area contributed by atoms with Crippen molar-refractivity contribution in [3.05, 3.63) is 60.9 Å². The van der Waals surface area contributed by atoms with Crippen molar-refractivity contribution in [3.63, 3.8) is 0 Å². The van der Waals surface area contributed by atoms with Crippen LogP contribution in [-0.4, -0.2) is 26.4 Å². The number of nitrogens with one attached hydrogen (secondary N) is 1. The Kier molecular flexibility index (Phi) is 5.49. The first-order valence-corrected chi connectivity index (χ1v) is 9.24. The van der Waals surface area contributed by atoms with Gasteiger partial charge in [-0.25, -0.2) is 13.1 Å². The predicted octanol–water partition coefficient (Wildman–Crippen LogP) is 3.19. The van der Waals surface area contributed by atoms with Crippen LogP contribution in [0.5, 0.6) is 0 Å². The van der Waals surface area contributed by atoms with Crippen molar-refractivity contribution in [2.24, 2.45) is 0 Å². The Morgan fingerprint density at radius 1 is 1.20 bits per heavy atom. The Bertz CT molecular complexity index is 849. The zero-order valence-electron chi connectivity index (χ0n) is 14.5. The standard InChI is InChI=1S/C18H22N2O4S/c1-5-13-20(14-9-7-6-8-10-14)17(21)15-11-12-16(24-15)25(22,23)19-18(2,3)4/h5-12,19H,1,13H2,2-4H3. The highest BCUT2D eigenvalue weighted by molar-refractivity contribution is 7.89. The molecule has 7 heteroatoms. The SMILES string of the molecule is C=CCN(C(=O)c1ccc(S(=O)(=O)NC(C)(C)C)o1)c1ccccc1. The van der Waals surface area contributed by atoms with E-state index in [-0.39, 0.29) is 17.4 Å². The fourth-order valence-corrected chi connectivity index (χ4v) is 3.56. The van der Waals surface area contributed by atoms with Crippen LogP contribution in [0.25, 0.3) is 0 Å². The second-order valence-electron chi connectivity index (χ2n) is 6.51. The van der Waals surface area contributed by atoms with Crippen LogP contribution in [0.15, 0.2) is 64.6 Å². The van der Waals surface area contributed by atoms with Crippen LogP contribution in [0.2, 0.25) is 0 Å². The van der Waals surface area contributed by atoms with E-state index < -0.39 is 21.5 Å². The molecule has 1 aromatic heterocycles. The summed E-state index contributed by atoms with van der Waals surface area (Å²) in [6.45, 7) is 9.10. The van der Waals surface area contributed by atoms with E-state index >= 15 is 0 Å². The highest BCUT2D eigenvalue weighted by Crippen LogP contribution is 2.21. The lowest BCUT2D eigenvalue weighted by Crippen LogP contribution is -2.40. The van der Waals surface area contributed by atoms with Gasteiger partial charge < -0.3 is 9.32 Å². The van der Waals surface area contributed by atoms with Gasteiger partial charge in [0, 0.05) is 17.8 Å². The molecular formula is C18H22N2O4S. The minimum atomic E-state index is -3.84. The summed E-state index contributed by atoms with van der Waals surface area (Å²) >= 11 is 0. The first kappa shape index (κ1) is 19.0. The second kappa shape index (κ2) is 7.25. The minimum Gasteiger partial charge on any atom is -0.438 e. The van der Waals surface area contributed by atoms with Crippen LogP contribution in [0.4, 0.5) is 5.69 Å². The fraction of sp³-hybridized carbons (Fsp3) is 0.278. The van der Waals surface area contributed by atoms with Gasteiger partial charge in [0.25, 0.3) is 15.9 Å². The van der Waals surface area contributed by atoms with Crippen LogP contribution in [-0.2, 0) is 10.0 Å². The highest BCUT2D eigenvalue weighted by atomic mass is 32.2. The lowest BCUT2D eigenvalue weighted by molar-refractivity contribution is 0.0958. The number of hydrogen-bond acceptors (Lipinski definition) is 4. The minimum absolute atomic E-state index is 0.0556. The molecule has 6 nitrogen and oxygen atoms in total. The number of rotatable bonds is 6. The molecule has 1 amide bonds. The van der Waals surface area contributed by atoms with Gasteiger partial charge in [-0.2, -0.15) is 0 Å². The maximum atomic E-state index is 12.7. The summed E-state index contributed by atoms with van der Waals surface area (Å²) in [4.78, 5) is 14.2. The van der Waals surface area contributed by atoms with Crippen LogP contribution in [0.3, 0.4) is 0 Å². The van der Waals surface area contributed by atoms with Crippen LogP contribution >= 0.6 is 0 Å². The van der Waals surface area contributed by atoms with E-state index in [2.05, 4.69) is 11.3 Å². The number of nitrogens with zero attached hydrogens (tertiary/aromatic N) is 1. The van der Waals surface area contributed by atoms with Gasteiger partial charge in [0.15, 0.2) is 5.76 Å². The van der Waals surface area contributed by atoms with Gasteiger partial charge in [-0.05, 0) is 45.0 Å². The monoisotopic (exact) mass is 362 g/mol. The van der Waals surface area contributed by atoms with Gasteiger partial charge in [0.2, 0.25) is 5.09 Å². The molecule has 0 radical (unpaired) electrons.